The van der Waals surface area contributed by atoms with Gasteiger partial charge in [-0.15, -0.1) is 0 Å². The highest BCUT2D eigenvalue weighted by molar-refractivity contribution is 9.10. The molecule has 1 aliphatic carbocycles. The number of hydrogen-bond acceptors (Lipinski definition) is 4. The van der Waals surface area contributed by atoms with Crippen molar-refractivity contribution in [2.75, 3.05) is 13.2 Å². The lowest BCUT2D eigenvalue weighted by Crippen LogP contribution is -2.51. The molecule has 6 rings (SSSR count). The fourth-order valence-corrected chi connectivity index (χ4v) is 6.53. The molecular weight excluding hydrogens is 494 g/mol. The standard InChI is InChI=1S/C28H26BrNO4/c1-28(26-24-21(13-16-33-26)22(29)11-12-23(24)31)14-6-15-30(28)27(32)34-25-19-9-4-2-7-17(19)18-8-3-5-10-20(18)25/h2-5,7-12,25-26,31H,6,13-16H2,1H3/t26?,28-/m0/s1. The Kier molecular flexibility index (Phi) is 5.19. The van der Waals surface area contributed by atoms with E-state index < -0.39 is 17.7 Å². The molecule has 2 heterocycles. The third-order valence-corrected chi connectivity index (χ3v) is 8.38. The number of phenols is 1. The van der Waals surface area contributed by atoms with E-state index in [4.69, 9.17) is 9.47 Å². The molecule has 174 valence electrons. The summed E-state index contributed by atoms with van der Waals surface area (Å²) in [5.74, 6) is 0.211. The van der Waals surface area contributed by atoms with Crippen molar-refractivity contribution in [3.8, 4) is 16.9 Å². The highest BCUT2D eigenvalue weighted by Crippen LogP contribution is 2.50. The Morgan fingerprint density at radius 2 is 1.76 bits per heavy atom. The summed E-state index contributed by atoms with van der Waals surface area (Å²) in [6.07, 6.45) is 1.14. The van der Waals surface area contributed by atoms with Crippen LogP contribution in [0.4, 0.5) is 4.79 Å². The minimum atomic E-state index is -0.623. The summed E-state index contributed by atoms with van der Waals surface area (Å²) in [4.78, 5) is 15.5. The van der Waals surface area contributed by atoms with E-state index in [1.54, 1.807) is 6.07 Å². The summed E-state index contributed by atoms with van der Waals surface area (Å²) >= 11 is 3.63. The number of benzene rings is 3. The lowest BCUT2D eigenvalue weighted by molar-refractivity contribution is -0.0591. The maximum atomic E-state index is 13.7. The Hall–Kier alpha value is -2.83. The fourth-order valence-electron chi connectivity index (χ4n) is 5.98. The van der Waals surface area contributed by atoms with Gasteiger partial charge in [-0.2, -0.15) is 0 Å². The van der Waals surface area contributed by atoms with Crippen LogP contribution in [0, 0.1) is 0 Å². The molecule has 1 N–H and O–H groups in total. The van der Waals surface area contributed by atoms with Crippen LogP contribution in [-0.2, 0) is 15.9 Å². The number of halogens is 1. The maximum Gasteiger partial charge on any atom is 0.411 e. The van der Waals surface area contributed by atoms with E-state index in [0.717, 1.165) is 57.1 Å². The number of rotatable bonds is 2. The van der Waals surface area contributed by atoms with Crippen molar-refractivity contribution in [1.82, 2.24) is 4.90 Å². The van der Waals surface area contributed by atoms with Crippen LogP contribution in [0.25, 0.3) is 11.1 Å². The molecule has 1 amide bonds. The summed E-state index contributed by atoms with van der Waals surface area (Å²) in [7, 11) is 0. The second kappa shape index (κ2) is 8.14. The lowest BCUT2D eigenvalue weighted by atomic mass is 9.82. The molecule has 3 aromatic carbocycles. The normalized spacial score (nSPS) is 23.4. The van der Waals surface area contributed by atoms with Crippen LogP contribution in [0.15, 0.2) is 65.1 Å². The summed E-state index contributed by atoms with van der Waals surface area (Å²) in [6, 6.07) is 19.8. The number of hydrogen-bond donors (Lipinski definition) is 1. The Morgan fingerprint density at radius 1 is 1.09 bits per heavy atom. The molecule has 2 atom stereocenters. The van der Waals surface area contributed by atoms with Crippen molar-refractivity contribution in [2.45, 2.75) is 43.9 Å². The predicted octanol–water partition coefficient (Wildman–Crippen LogP) is 6.53. The van der Waals surface area contributed by atoms with Crippen LogP contribution < -0.4 is 0 Å². The van der Waals surface area contributed by atoms with E-state index in [0.29, 0.717) is 13.2 Å². The van der Waals surface area contributed by atoms with Crippen LogP contribution in [0.3, 0.4) is 0 Å². The third kappa shape index (κ3) is 3.19. The van der Waals surface area contributed by atoms with Crippen molar-refractivity contribution in [3.05, 3.63) is 87.4 Å². The van der Waals surface area contributed by atoms with Crippen molar-refractivity contribution >= 4 is 22.0 Å². The number of likely N-dealkylation sites (tertiary alicyclic amines) is 1. The van der Waals surface area contributed by atoms with Gasteiger partial charge in [-0.05, 0) is 55.0 Å². The zero-order chi connectivity index (χ0) is 23.4. The van der Waals surface area contributed by atoms with Crippen LogP contribution in [0.1, 0.15) is 54.2 Å². The molecule has 1 saturated heterocycles. The van der Waals surface area contributed by atoms with Gasteiger partial charge in [0, 0.05) is 27.7 Å². The molecule has 2 aliphatic heterocycles. The average molecular weight is 520 g/mol. The summed E-state index contributed by atoms with van der Waals surface area (Å²) in [5, 5.41) is 10.8. The van der Waals surface area contributed by atoms with Crippen LogP contribution in [0.2, 0.25) is 0 Å². The molecule has 0 bridgehead atoms. The minimum Gasteiger partial charge on any atom is -0.508 e. The number of carbonyl (C=O) groups excluding carboxylic acids is 1. The van der Waals surface area contributed by atoms with E-state index in [2.05, 4.69) is 35.0 Å². The summed E-state index contributed by atoms with van der Waals surface area (Å²) < 4.78 is 13.5. The lowest BCUT2D eigenvalue weighted by Gasteiger charge is -2.43. The van der Waals surface area contributed by atoms with Crippen LogP contribution in [-0.4, -0.2) is 34.8 Å². The molecule has 1 fully saturated rings. The molecule has 1 unspecified atom stereocenters. The van der Waals surface area contributed by atoms with Crippen molar-refractivity contribution in [1.29, 1.82) is 0 Å². The van der Waals surface area contributed by atoms with Gasteiger partial charge in [0.25, 0.3) is 0 Å². The predicted molar refractivity (Wildman–Crippen MR) is 133 cm³/mol. The van der Waals surface area contributed by atoms with Crippen LogP contribution >= 0.6 is 15.9 Å². The van der Waals surface area contributed by atoms with Gasteiger partial charge < -0.3 is 14.6 Å². The first kappa shape index (κ1) is 21.7. The maximum absolute atomic E-state index is 13.7. The highest BCUT2D eigenvalue weighted by Gasteiger charge is 2.50. The van der Waals surface area contributed by atoms with Gasteiger partial charge in [-0.3, -0.25) is 4.90 Å². The van der Waals surface area contributed by atoms with Gasteiger partial charge in [0.15, 0.2) is 6.10 Å². The molecule has 0 spiro atoms. The first-order chi connectivity index (χ1) is 16.5. The molecule has 0 saturated carbocycles. The Labute approximate surface area is 207 Å². The Morgan fingerprint density at radius 3 is 2.47 bits per heavy atom. The van der Waals surface area contributed by atoms with E-state index in [1.165, 1.54) is 0 Å². The number of ether oxygens (including phenoxy) is 2. The number of nitrogens with zero attached hydrogens (tertiary/aromatic N) is 1. The third-order valence-electron chi connectivity index (χ3n) is 7.64. The molecule has 6 heteroatoms. The molecule has 3 aliphatic rings. The van der Waals surface area contributed by atoms with Gasteiger partial charge in [-0.25, -0.2) is 4.79 Å². The molecular formula is C28H26BrNO4. The Bertz CT molecular complexity index is 1250. The van der Waals surface area contributed by atoms with Gasteiger partial charge in [0.05, 0.1) is 12.1 Å². The van der Waals surface area contributed by atoms with E-state index in [9.17, 15) is 9.90 Å². The number of amides is 1. The average Bonchev–Trinajstić information content (AvgIpc) is 3.41. The number of fused-ring (bicyclic) bond motifs is 4. The first-order valence-electron chi connectivity index (χ1n) is 11.8. The summed E-state index contributed by atoms with van der Waals surface area (Å²) in [5.41, 5.74) is 5.45. The number of phenolic OH excluding ortho intramolecular Hbond substituents is 1. The molecule has 5 nitrogen and oxygen atoms in total. The van der Waals surface area contributed by atoms with E-state index in [1.807, 2.05) is 47.4 Å². The Balaban J connectivity index is 1.34. The zero-order valence-electron chi connectivity index (χ0n) is 19.0. The second-order valence-corrected chi connectivity index (χ2v) is 10.4. The van der Waals surface area contributed by atoms with Crippen molar-refractivity contribution in [2.24, 2.45) is 0 Å². The topological polar surface area (TPSA) is 59.0 Å². The minimum absolute atomic E-state index is 0.211. The van der Waals surface area contributed by atoms with E-state index in [-0.39, 0.29) is 11.8 Å². The molecule has 0 radical (unpaired) electrons. The second-order valence-electron chi connectivity index (χ2n) is 9.51. The van der Waals surface area contributed by atoms with Crippen LogP contribution in [0.5, 0.6) is 5.75 Å². The molecule has 3 aromatic rings. The van der Waals surface area contributed by atoms with Gasteiger partial charge in [0.2, 0.25) is 0 Å². The highest BCUT2D eigenvalue weighted by atomic mass is 79.9. The fraction of sp³-hybridized carbons (Fsp3) is 0.321. The molecule has 0 aromatic heterocycles. The summed E-state index contributed by atoms with van der Waals surface area (Å²) in [6.45, 7) is 3.19. The molecule has 34 heavy (non-hydrogen) atoms. The largest absolute Gasteiger partial charge is 0.508 e. The number of aromatic hydroxyl groups is 1. The number of carbonyl (C=O) groups is 1. The van der Waals surface area contributed by atoms with Gasteiger partial charge in [-0.1, -0.05) is 64.5 Å². The smallest absolute Gasteiger partial charge is 0.411 e. The van der Waals surface area contributed by atoms with Gasteiger partial charge >= 0.3 is 6.09 Å². The van der Waals surface area contributed by atoms with E-state index >= 15 is 0 Å². The van der Waals surface area contributed by atoms with Gasteiger partial charge in [0.1, 0.15) is 11.9 Å². The van der Waals surface area contributed by atoms with Crippen molar-refractivity contribution in [3.63, 3.8) is 0 Å². The first-order valence-corrected chi connectivity index (χ1v) is 12.6. The SMILES string of the molecule is C[C@@]1(C2OCCc3c(Br)ccc(O)c32)CCCN1C(=O)OC1c2ccccc2-c2ccccc21. The zero-order valence-corrected chi connectivity index (χ0v) is 20.5. The van der Waals surface area contributed by atoms with Crippen molar-refractivity contribution < 1.29 is 19.4 Å². The monoisotopic (exact) mass is 519 g/mol. The quantitative estimate of drug-likeness (QED) is 0.418.